The van der Waals surface area contributed by atoms with Crippen molar-refractivity contribution in [3.8, 4) is 11.5 Å². The molecule has 1 unspecified atom stereocenters. The molecule has 21 heavy (non-hydrogen) atoms. The number of para-hydroxylation sites is 1. The first-order chi connectivity index (χ1) is 10.3. The summed E-state index contributed by atoms with van der Waals surface area (Å²) < 4.78 is 5.77. The number of hydrogen-bond acceptors (Lipinski definition) is 3. The SMILES string of the molecule is NC(c1ccc(Oc2ccccc2)cc1)c1cccnc1. The van der Waals surface area contributed by atoms with Gasteiger partial charge < -0.3 is 10.5 Å². The molecule has 1 atom stereocenters. The zero-order valence-corrected chi connectivity index (χ0v) is 11.5. The van der Waals surface area contributed by atoms with Crippen LogP contribution >= 0.6 is 0 Å². The van der Waals surface area contributed by atoms with Gasteiger partial charge in [0.15, 0.2) is 0 Å². The van der Waals surface area contributed by atoms with Crippen LogP contribution in [0.25, 0.3) is 0 Å². The molecule has 3 rings (SSSR count). The van der Waals surface area contributed by atoms with E-state index in [2.05, 4.69) is 4.98 Å². The Labute approximate surface area is 124 Å². The molecule has 1 aromatic heterocycles. The van der Waals surface area contributed by atoms with Crippen LogP contribution in [0.2, 0.25) is 0 Å². The molecule has 3 aromatic rings. The van der Waals surface area contributed by atoms with Crippen LogP contribution in [0.3, 0.4) is 0 Å². The van der Waals surface area contributed by atoms with Crippen molar-refractivity contribution in [1.82, 2.24) is 4.98 Å². The normalized spacial score (nSPS) is 11.9. The lowest BCUT2D eigenvalue weighted by Crippen LogP contribution is -2.11. The van der Waals surface area contributed by atoms with Crippen molar-refractivity contribution in [2.75, 3.05) is 0 Å². The predicted molar refractivity (Wildman–Crippen MR) is 83.2 cm³/mol. The first-order valence-corrected chi connectivity index (χ1v) is 6.81. The van der Waals surface area contributed by atoms with Gasteiger partial charge in [-0.15, -0.1) is 0 Å². The maximum absolute atomic E-state index is 6.24. The third-order valence-electron chi connectivity index (χ3n) is 3.26. The highest BCUT2D eigenvalue weighted by Gasteiger charge is 2.08. The van der Waals surface area contributed by atoms with E-state index >= 15 is 0 Å². The van der Waals surface area contributed by atoms with Crippen molar-refractivity contribution in [1.29, 1.82) is 0 Å². The lowest BCUT2D eigenvalue weighted by molar-refractivity contribution is 0.482. The fourth-order valence-electron chi connectivity index (χ4n) is 2.12. The van der Waals surface area contributed by atoms with Gasteiger partial charge >= 0.3 is 0 Å². The third kappa shape index (κ3) is 3.27. The Morgan fingerprint density at radius 2 is 1.48 bits per heavy atom. The molecular formula is C18H16N2O. The van der Waals surface area contributed by atoms with Crippen LogP contribution < -0.4 is 10.5 Å². The number of benzene rings is 2. The number of nitrogens with two attached hydrogens (primary N) is 1. The van der Waals surface area contributed by atoms with E-state index < -0.39 is 0 Å². The smallest absolute Gasteiger partial charge is 0.127 e. The molecule has 0 bridgehead atoms. The minimum Gasteiger partial charge on any atom is -0.457 e. The van der Waals surface area contributed by atoms with E-state index in [0.717, 1.165) is 22.6 Å². The minimum atomic E-state index is -0.176. The summed E-state index contributed by atoms with van der Waals surface area (Å²) in [6.07, 6.45) is 3.53. The van der Waals surface area contributed by atoms with Crippen molar-refractivity contribution in [3.63, 3.8) is 0 Å². The van der Waals surface area contributed by atoms with Crippen molar-refractivity contribution >= 4 is 0 Å². The summed E-state index contributed by atoms with van der Waals surface area (Å²) in [6.45, 7) is 0. The van der Waals surface area contributed by atoms with Crippen LogP contribution in [0.15, 0.2) is 79.1 Å². The molecule has 0 saturated carbocycles. The zero-order chi connectivity index (χ0) is 14.5. The zero-order valence-electron chi connectivity index (χ0n) is 11.5. The largest absolute Gasteiger partial charge is 0.457 e. The Morgan fingerprint density at radius 3 is 2.14 bits per heavy atom. The molecule has 0 amide bonds. The van der Waals surface area contributed by atoms with E-state index in [-0.39, 0.29) is 6.04 Å². The summed E-state index contributed by atoms with van der Waals surface area (Å²) in [6, 6.07) is 21.2. The Kier molecular flexibility index (Phi) is 3.94. The van der Waals surface area contributed by atoms with E-state index in [0.29, 0.717) is 0 Å². The van der Waals surface area contributed by atoms with Crippen LogP contribution in [-0.2, 0) is 0 Å². The number of hydrogen-bond donors (Lipinski definition) is 1. The van der Waals surface area contributed by atoms with Crippen molar-refractivity contribution in [3.05, 3.63) is 90.3 Å². The standard InChI is InChI=1S/C18H16N2O/c19-18(15-5-4-12-20-13-15)14-8-10-17(11-9-14)21-16-6-2-1-3-7-16/h1-13,18H,19H2. The van der Waals surface area contributed by atoms with Gasteiger partial charge in [-0.1, -0.05) is 36.4 Å². The number of rotatable bonds is 4. The van der Waals surface area contributed by atoms with Gasteiger partial charge in [0.25, 0.3) is 0 Å². The quantitative estimate of drug-likeness (QED) is 0.785. The molecule has 0 spiro atoms. The van der Waals surface area contributed by atoms with E-state index in [9.17, 15) is 0 Å². The highest BCUT2D eigenvalue weighted by Crippen LogP contribution is 2.24. The van der Waals surface area contributed by atoms with Crippen LogP contribution in [0, 0.1) is 0 Å². The topological polar surface area (TPSA) is 48.1 Å². The number of nitrogens with zero attached hydrogens (tertiary/aromatic N) is 1. The summed E-state index contributed by atoms with van der Waals surface area (Å²) in [4.78, 5) is 4.10. The second-order valence-corrected chi connectivity index (χ2v) is 4.75. The molecule has 0 saturated heterocycles. The van der Waals surface area contributed by atoms with Crippen LogP contribution in [0.1, 0.15) is 17.2 Å². The average molecular weight is 276 g/mol. The lowest BCUT2D eigenvalue weighted by Gasteiger charge is -2.13. The summed E-state index contributed by atoms with van der Waals surface area (Å²) in [5.74, 6) is 1.62. The summed E-state index contributed by atoms with van der Waals surface area (Å²) >= 11 is 0. The molecule has 2 aromatic carbocycles. The van der Waals surface area contributed by atoms with Crippen molar-refractivity contribution < 1.29 is 4.74 Å². The van der Waals surface area contributed by atoms with Gasteiger partial charge in [0.1, 0.15) is 11.5 Å². The molecule has 0 fully saturated rings. The van der Waals surface area contributed by atoms with E-state index in [1.54, 1.807) is 12.4 Å². The molecule has 1 heterocycles. The molecule has 0 aliphatic carbocycles. The van der Waals surface area contributed by atoms with Gasteiger partial charge in [-0.3, -0.25) is 4.98 Å². The van der Waals surface area contributed by atoms with Crippen molar-refractivity contribution in [2.45, 2.75) is 6.04 Å². The molecule has 2 N–H and O–H groups in total. The Balaban J connectivity index is 1.75. The monoisotopic (exact) mass is 276 g/mol. The fourth-order valence-corrected chi connectivity index (χ4v) is 2.12. The average Bonchev–Trinajstić information content (AvgIpc) is 2.57. The first kappa shape index (κ1) is 13.3. The highest BCUT2D eigenvalue weighted by atomic mass is 16.5. The van der Waals surface area contributed by atoms with Gasteiger partial charge in [-0.2, -0.15) is 0 Å². The second kappa shape index (κ2) is 6.20. The number of ether oxygens (including phenoxy) is 1. The number of aromatic nitrogens is 1. The van der Waals surface area contributed by atoms with Crippen molar-refractivity contribution in [2.24, 2.45) is 5.73 Å². The fraction of sp³-hybridized carbons (Fsp3) is 0.0556. The van der Waals surface area contributed by atoms with E-state index in [1.165, 1.54) is 0 Å². The molecule has 0 radical (unpaired) electrons. The van der Waals surface area contributed by atoms with E-state index in [1.807, 2.05) is 66.7 Å². The molecular weight excluding hydrogens is 260 g/mol. The molecule has 0 aliphatic heterocycles. The van der Waals surface area contributed by atoms with Crippen LogP contribution in [0.5, 0.6) is 11.5 Å². The minimum absolute atomic E-state index is 0.176. The van der Waals surface area contributed by atoms with Crippen LogP contribution in [-0.4, -0.2) is 4.98 Å². The summed E-state index contributed by atoms with van der Waals surface area (Å²) in [5.41, 5.74) is 8.26. The maximum Gasteiger partial charge on any atom is 0.127 e. The lowest BCUT2D eigenvalue weighted by atomic mass is 10.0. The summed E-state index contributed by atoms with van der Waals surface area (Å²) in [5, 5.41) is 0. The van der Waals surface area contributed by atoms with Gasteiger partial charge in [0.2, 0.25) is 0 Å². The molecule has 0 aliphatic rings. The molecule has 3 nitrogen and oxygen atoms in total. The van der Waals surface area contributed by atoms with E-state index in [4.69, 9.17) is 10.5 Å². The first-order valence-electron chi connectivity index (χ1n) is 6.81. The summed E-state index contributed by atoms with van der Waals surface area (Å²) in [7, 11) is 0. The molecule has 3 heteroatoms. The molecule has 104 valence electrons. The Morgan fingerprint density at radius 1 is 0.762 bits per heavy atom. The third-order valence-corrected chi connectivity index (χ3v) is 3.26. The second-order valence-electron chi connectivity index (χ2n) is 4.75. The highest BCUT2D eigenvalue weighted by molar-refractivity contribution is 5.36. The predicted octanol–water partition coefficient (Wildman–Crippen LogP) is 3.92. The van der Waals surface area contributed by atoms with Gasteiger partial charge in [-0.05, 0) is 41.5 Å². The van der Waals surface area contributed by atoms with Crippen LogP contribution in [0.4, 0.5) is 0 Å². The van der Waals surface area contributed by atoms with Gasteiger partial charge in [-0.25, -0.2) is 0 Å². The number of pyridine rings is 1. The maximum atomic E-state index is 6.24. The Bertz CT molecular complexity index is 681. The Hall–Kier alpha value is -2.65. The van der Waals surface area contributed by atoms with Gasteiger partial charge in [0, 0.05) is 12.4 Å². The van der Waals surface area contributed by atoms with Gasteiger partial charge in [0.05, 0.1) is 6.04 Å².